The molecule has 0 bridgehead atoms. The van der Waals surface area contributed by atoms with Gasteiger partial charge in [-0.15, -0.1) is 11.3 Å². The number of hydrogen-bond donors (Lipinski definition) is 1. The van der Waals surface area contributed by atoms with Crippen LogP contribution in [0.3, 0.4) is 0 Å². The van der Waals surface area contributed by atoms with Crippen molar-refractivity contribution >= 4 is 21.7 Å². The van der Waals surface area contributed by atoms with Gasteiger partial charge in [0, 0.05) is 39.3 Å². The van der Waals surface area contributed by atoms with Crippen molar-refractivity contribution in [3.05, 3.63) is 52.6 Å². The standard InChI is InChI=1S/C17H18N2O2S.C2H6.CH3.Y/c1-4-12-18-16-15(22-12)14(20)13(17(21)19(16)5-2)11-9-7-6-8-10(11)3;1-2;;/h6-9,20H,4-5H2,1-3H3;1-2H3;1H3;/q;;-1;. The normalized spacial score (nSPS) is 9.73. The van der Waals surface area contributed by atoms with Crippen LogP contribution in [0.15, 0.2) is 29.1 Å². The molecule has 0 aliphatic rings. The van der Waals surface area contributed by atoms with Gasteiger partial charge in [0.15, 0.2) is 5.65 Å². The van der Waals surface area contributed by atoms with Crippen molar-refractivity contribution < 1.29 is 37.8 Å². The van der Waals surface area contributed by atoms with Crippen LogP contribution in [0.2, 0.25) is 0 Å². The van der Waals surface area contributed by atoms with Crippen LogP contribution in [0.4, 0.5) is 0 Å². The Bertz CT molecular complexity index is 916. The Hall–Kier alpha value is -1.04. The zero-order chi connectivity index (χ0) is 17.9. The number of thiazole rings is 1. The molecule has 0 atom stereocenters. The smallest absolute Gasteiger partial charge is 0.263 e. The fourth-order valence-electron chi connectivity index (χ4n) is 2.68. The monoisotopic (exact) mass is 448 g/mol. The number of aryl methyl sites for hydroxylation is 3. The molecule has 2 aromatic heterocycles. The van der Waals surface area contributed by atoms with Gasteiger partial charge in [0.05, 0.1) is 10.6 Å². The van der Waals surface area contributed by atoms with Gasteiger partial charge >= 0.3 is 0 Å². The van der Waals surface area contributed by atoms with Gasteiger partial charge in [-0.1, -0.05) is 45.0 Å². The van der Waals surface area contributed by atoms with Crippen molar-refractivity contribution in [1.29, 1.82) is 0 Å². The summed E-state index contributed by atoms with van der Waals surface area (Å²) in [7, 11) is 0. The maximum absolute atomic E-state index is 12.9. The van der Waals surface area contributed by atoms with Crippen LogP contribution in [0.25, 0.3) is 21.5 Å². The summed E-state index contributed by atoms with van der Waals surface area (Å²) < 4.78 is 2.34. The molecular weight excluding hydrogens is 421 g/mol. The summed E-state index contributed by atoms with van der Waals surface area (Å²) in [6.07, 6.45) is 0.788. The average molecular weight is 448 g/mol. The van der Waals surface area contributed by atoms with Crippen LogP contribution in [-0.4, -0.2) is 14.7 Å². The van der Waals surface area contributed by atoms with E-state index in [1.807, 2.05) is 58.9 Å². The fraction of sp³-hybridized carbons (Fsp3) is 0.350. The van der Waals surface area contributed by atoms with Crippen LogP contribution in [0, 0.1) is 14.4 Å². The van der Waals surface area contributed by atoms with E-state index < -0.39 is 0 Å². The van der Waals surface area contributed by atoms with E-state index in [1.54, 1.807) is 4.57 Å². The predicted molar refractivity (Wildman–Crippen MR) is 109 cm³/mol. The van der Waals surface area contributed by atoms with Gasteiger partial charge < -0.3 is 12.5 Å². The average Bonchev–Trinajstić information content (AvgIpc) is 3.03. The first-order chi connectivity index (χ1) is 11.6. The van der Waals surface area contributed by atoms with Gasteiger partial charge in [-0.05, 0) is 31.4 Å². The van der Waals surface area contributed by atoms with Gasteiger partial charge in [0.1, 0.15) is 10.4 Å². The van der Waals surface area contributed by atoms with Crippen LogP contribution < -0.4 is 5.56 Å². The minimum absolute atomic E-state index is 0. The van der Waals surface area contributed by atoms with E-state index in [2.05, 4.69) is 4.98 Å². The number of aromatic hydroxyl groups is 1. The second-order valence-electron chi connectivity index (χ2n) is 5.20. The minimum Gasteiger partial charge on any atom is -0.505 e. The van der Waals surface area contributed by atoms with E-state index in [1.165, 1.54) is 11.3 Å². The molecule has 4 nitrogen and oxygen atoms in total. The van der Waals surface area contributed by atoms with Crippen LogP contribution >= 0.6 is 11.3 Å². The third-order valence-electron chi connectivity index (χ3n) is 3.85. The topological polar surface area (TPSA) is 55.1 Å². The van der Waals surface area contributed by atoms with E-state index in [-0.39, 0.29) is 51.4 Å². The first kappa shape index (κ1) is 25.0. The molecule has 1 N–H and O–H groups in total. The minimum atomic E-state index is -0.185. The molecule has 3 aromatic rings. The second-order valence-corrected chi connectivity index (χ2v) is 6.29. The molecule has 6 heteroatoms. The molecule has 0 aliphatic heterocycles. The van der Waals surface area contributed by atoms with Gasteiger partial charge in [0.25, 0.3) is 5.56 Å². The molecule has 0 unspecified atom stereocenters. The van der Waals surface area contributed by atoms with Crippen LogP contribution in [0.5, 0.6) is 5.75 Å². The Morgan fingerprint density at radius 3 is 2.35 bits per heavy atom. The SMILES string of the molecule is CC.CCc1nc2c(s1)c(O)c(-c1ccccc1C)c(=O)n2CC.[CH3-].[Y]. The number of nitrogens with zero attached hydrogens (tertiary/aromatic N) is 2. The third kappa shape index (κ3) is 4.44. The van der Waals surface area contributed by atoms with Crippen molar-refractivity contribution in [2.75, 3.05) is 0 Å². The number of hydrogen-bond acceptors (Lipinski definition) is 4. The molecule has 139 valence electrons. The quantitative estimate of drug-likeness (QED) is 0.561. The van der Waals surface area contributed by atoms with E-state index in [0.717, 1.165) is 22.6 Å². The zero-order valence-corrected chi connectivity index (χ0v) is 20.1. The Kier molecular flexibility index (Phi) is 10.5. The van der Waals surface area contributed by atoms with Gasteiger partial charge in [-0.2, -0.15) is 0 Å². The Morgan fingerprint density at radius 1 is 1.19 bits per heavy atom. The van der Waals surface area contributed by atoms with E-state index in [0.29, 0.717) is 22.5 Å². The molecule has 26 heavy (non-hydrogen) atoms. The van der Waals surface area contributed by atoms with Crippen molar-refractivity contribution in [2.24, 2.45) is 0 Å². The molecule has 1 aromatic carbocycles. The molecule has 0 fully saturated rings. The first-order valence-corrected chi connectivity index (χ1v) is 9.21. The van der Waals surface area contributed by atoms with E-state index >= 15 is 0 Å². The number of aromatic nitrogens is 2. The molecule has 0 saturated heterocycles. The summed E-state index contributed by atoms with van der Waals surface area (Å²) >= 11 is 1.46. The number of benzene rings is 1. The summed E-state index contributed by atoms with van der Waals surface area (Å²) in [6, 6.07) is 7.62. The number of fused-ring (bicyclic) bond motifs is 1. The molecule has 2 heterocycles. The van der Waals surface area contributed by atoms with E-state index in [4.69, 9.17) is 0 Å². The molecule has 1 radical (unpaired) electrons. The largest absolute Gasteiger partial charge is 0.505 e. The maximum Gasteiger partial charge on any atom is 0.263 e. The second kappa shape index (κ2) is 11.0. The summed E-state index contributed by atoms with van der Waals surface area (Å²) in [5.74, 6) is 0.0520. The summed E-state index contributed by atoms with van der Waals surface area (Å²) in [6.45, 7) is 10.4. The van der Waals surface area contributed by atoms with Gasteiger partial charge in [-0.25, -0.2) is 4.98 Å². The van der Waals surface area contributed by atoms with Gasteiger partial charge in [0.2, 0.25) is 0 Å². The number of pyridine rings is 1. The number of rotatable bonds is 3. The summed E-state index contributed by atoms with van der Waals surface area (Å²) in [4.78, 5) is 17.4. The summed E-state index contributed by atoms with van der Waals surface area (Å²) in [5.41, 5.74) is 2.52. The molecular formula is C20H27N2O2SY-. The Labute approximate surface area is 185 Å². The van der Waals surface area contributed by atoms with Gasteiger partial charge in [-0.3, -0.25) is 9.36 Å². The first-order valence-electron chi connectivity index (χ1n) is 8.39. The van der Waals surface area contributed by atoms with Crippen molar-refractivity contribution in [3.63, 3.8) is 0 Å². The maximum atomic E-state index is 12.9. The van der Waals surface area contributed by atoms with Crippen LogP contribution in [-0.2, 0) is 45.7 Å². The third-order valence-corrected chi connectivity index (χ3v) is 5.05. The van der Waals surface area contributed by atoms with Crippen molar-refractivity contribution in [1.82, 2.24) is 9.55 Å². The molecule has 0 spiro atoms. The zero-order valence-electron chi connectivity index (χ0n) is 16.5. The molecule has 0 amide bonds. The molecule has 0 aliphatic carbocycles. The fourth-order valence-corrected chi connectivity index (χ4v) is 3.64. The molecule has 0 saturated carbocycles. The predicted octanol–water partition coefficient (Wildman–Crippen LogP) is 5.20. The van der Waals surface area contributed by atoms with Crippen molar-refractivity contribution in [2.45, 2.75) is 47.6 Å². The Balaban J connectivity index is 0.00000151. The van der Waals surface area contributed by atoms with Crippen molar-refractivity contribution in [3.8, 4) is 16.9 Å². The van der Waals surface area contributed by atoms with Crippen LogP contribution in [0.1, 0.15) is 38.3 Å². The Morgan fingerprint density at radius 2 is 1.81 bits per heavy atom. The van der Waals surface area contributed by atoms with E-state index in [9.17, 15) is 9.90 Å². The molecule has 3 rings (SSSR count). The summed E-state index contributed by atoms with van der Waals surface area (Å²) in [5, 5.41) is 11.6.